The third kappa shape index (κ3) is 4.02. The van der Waals surface area contributed by atoms with Crippen LogP contribution < -0.4 is 0 Å². The highest BCUT2D eigenvalue weighted by atomic mass is 19.4. The van der Waals surface area contributed by atoms with Gasteiger partial charge in [-0.2, -0.15) is 68.5 Å². The Bertz CT molecular complexity index is 1120. The first kappa shape index (κ1) is 32.1. The molecule has 1 aliphatic carbocycles. The van der Waals surface area contributed by atoms with Crippen LogP contribution >= 0.6 is 0 Å². The van der Waals surface area contributed by atoms with E-state index in [1.807, 2.05) is 0 Å². The lowest BCUT2D eigenvalue weighted by Gasteiger charge is -2.46. The second-order valence-corrected chi connectivity index (χ2v) is 10.3. The molecule has 0 aromatic heterocycles. The summed E-state index contributed by atoms with van der Waals surface area (Å²) in [4.78, 5) is 3.10. The van der Waals surface area contributed by atoms with E-state index in [1.54, 1.807) is 0 Å². The molecule has 0 radical (unpaired) electrons. The number of nitriles is 3. The predicted octanol–water partition coefficient (Wildman–Crippen LogP) is 7.57. The number of alkyl halides is 12. The topological polar surface area (TPSA) is 83.7 Å². The van der Waals surface area contributed by atoms with Crippen molar-refractivity contribution in [2.75, 3.05) is 0 Å². The third-order valence-corrected chi connectivity index (χ3v) is 5.80. The van der Waals surface area contributed by atoms with E-state index in [1.165, 1.54) is 0 Å². The maximum absolute atomic E-state index is 14.5. The highest BCUT2D eigenvalue weighted by Gasteiger charge is 2.97. The molecule has 0 heterocycles. The molecule has 0 amide bonds. The largest absolute Gasteiger partial charge is 0.416 e. The van der Waals surface area contributed by atoms with Gasteiger partial charge in [-0.25, -0.2) is 0 Å². The van der Waals surface area contributed by atoms with Gasteiger partial charge in [-0.1, -0.05) is 41.5 Å². The first-order valence-electron chi connectivity index (χ1n) is 9.89. The van der Waals surface area contributed by atoms with Crippen LogP contribution in [0.4, 0.5) is 52.7 Å². The summed E-state index contributed by atoms with van der Waals surface area (Å²) in [6.07, 6.45) is -27.9. The van der Waals surface area contributed by atoms with Crippen LogP contribution in [0.25, 0.3) is 0 Å². The van der Waals surface area contributed by atoms with Crippen molar-refractivity contribution >= 4 is 5.71 Å². The highest BCUT2D eigenvalue weighted by Crippen LogP contribution is 2.79. The fourth-order valence-electron chi connectivity index (χ4n) is 4.83. The molecule has 0 fully saturated rings. The Morgan fingerprint density at radius 3 is 1.14 bits per heavy atom. The molecule has 0 N–H and O–H groups in total. The van der Waals surface area contributed by atoms with Gasteiger partial charge in [0.2, 0.25) is 16.2 Å². The van der Waals surface area contributed by atoms with Gasteiger partial charge in [0.25, 0.3) is 0 Å². The van der Waals surface area contributed by atoms with Gasteiger partial charge in [-0.05, 0) is 0 Å². The van der Waals surface area contributed by atoms with Crippen molar-refractivity contribution in [3.05, 3.63) is 11.3 Å². The molecule has 0 bridgehead atoms. The molecule has 0 unspecified atom stereocenters. The molecule has 4 nitrogen and oxygen atoms in total. The lowest BCUT2D eigenvalue weighted by atomic mass is 9.53. The predicted molar refractivity (Wildman–Crippen MR) is 102 cm³/mol. The highest BCUT2D eigenvalue weighted by molar-refractivity contribution is 5.95. The SMILES string of the molecule is CC(C)(C)C(=NC1=C(C(F)(F)F)[C@@](C#N)(C(F)(F)F)[C@](C#N)(C(F)(F)F)[C@@]1(C#N)C(F)(F)F)C(C)(C)C. The molecule has 206 valence electrons. The second-order valence-electron chi connectivity index (χ2n) is 10.3. The molecule has 0 aromatic carbocycles. The molecule has 0 saturated carbocycles. The van der Waals surface area contributed by atoms with Crippen molar-refractivity contribution in [1.29, 1.82) is 15.8 Å². The number of hydrogen-bond acceptors (Lipinski definition) is 4. The monoisotopic (exact) mass is 554 g/mol. The van der Waals surface area contributed by atoms with Gasteiger partial charge in [0.15, 0.2) is 0 Å². The van der Waals surface area contributed by atoms with Crippen LogP contribution in [0, 0.1) is 61.1 Å². The fourth-order valence-corrected chi connectivity index (χ4v) is 4.83. The van der Waals surface area contributed by atoms with Crippen LogP contribution in [-0.4, -0.2) is 30.4 Å². The Morgan fingerprint density at radius 2 is 0.946 bits per heavy atom. The van der Waals surface area contributed by atoms with Crippen LogP contribution in [0.1, 0.15) is 41.5 Å². The van der Waals surface area contributed by atoms with Gasteiger partial charge in [-0.3, -0.25) is 4.99 Å². The average Bonchev–Trinajstić information content (AvgIpc) is 2.87. The lowest BCUT2D eigenvalue weighted by molar-refractivity contribution is -0.346. The molecule has 1 aliphatic rings. The van der Waals surface area contributed by atoms with Crippen molar-refractivity contribution in [1.82, 2.24) is 0 Å². The Morgan fingerprint density at radius 1 is 0.595 bits per heavy atom. The fraction of sp³-hybridized carbons (Fsp3) is 0.714. The molecule has 0 aliphatic heterocycles. The van der Waals surface area contributed by atoms with Crippen LogP contribution in [0.5, 0.6) is 0 Å². The Kier molecular flexibility index (Phi) is 7.17. The van der Waals surface area contributed by atoms with E-state index in [2.05, 4.69) is 4.99 Å². The molecule has 0 saturated heterocycles. The molecule has 37 heavy (non-hydrogen) atoms. The van der Waals surface area contributed by atoms with Crippen LogP contribution in [0.3, 0.4) is 0 Å². The zero-order valence-electron chi connectivity index (χ0n) is 19.8. The summed E-state index contributed by atoms with van der Waals surface area (Å²) < 4.78 is 173. The number of allylic oxidation sites excluding steroid dienone is 2. The normalized spacial score (nSPS) is 27.9. The summed E-state index contributed by atoms with van der Waals surface area (Å²) in [5.41, 5.74) is -29.3. The number of aliphatic imine (C=N–C) groups is 1. The molecule has 0 aromatic rings. The zero-order valence-corrected chi connectivity index (χ0v) is 19.8. The van der Waals surface area contributed by atoms with Gasteiger partial charge in [0.05, 0.1) is 29.5 Å². The molecular formula is C21H18F12N4. The van der Waals surface area contributed by atoms with Gasteiger partial charge in [0.1, 0.15) is 0 Å². The Labute approximate surface area is 202 Å². The molecule has 0 spiro atoms. The molecule has 1 rings (SSSR count). The summed E-state index contributed by atoms with van der Waals surface area (Å²) in [5, 5.41) is 28.1. The van der Waals surface area contributed by atoms with Crippen LogP contribution in [0.15, 0.2) is 16.3 Å². The van der Waals surface area contributed by atoms with Crippen molar-refractivity contribution in [2.45, 2.75) is 66.2 Å². The molecule has 16 heteroatoms. The summed E-state index contributed by atoms with van der Waals surface area (Å²) in [7, 11) is 0. The van der Waals surface area contributed by atoms with E-state index < -0.39 is 68.8 Å². The van der Waals surface area contributed by atoms with Gasteiger partial charge in [0, 0.05) is 16.5 Å². The van der Waals surface area contributed by atoms with E-state index in [9.17, 15) is 68.5 Å². The maximum Gasteiger partial charge on any atom is 0.416 e. The summed E-state index contributed by atoms with van der Waals surface area (Å²) >= 11 is 0. The van der Waals surface area contributed by atoms with E-state index in [4.69, 9.17) is 0 Å². The molecule has 3 atom stereocenters. The number of hydrogen-bond donors (Lipinski definition) is 0. The van der Waals surface area contributed by atoms with E-state index in [0.29, 0.717) is 0 Å². The number of nitrogens with zero attached hydrogens (tertiary/aromatic N) is 4. The molecular weight excluding hydrogens is 536 g/mol. The number of rotatable bonds is 1. The van der Waals surface area contributed by atoms with Crippen molar-refractivity contribution in [3.63, 3.8) is 0 Å². The minimum Gasteiger partial charge on any atom is -0.259 e. The minimum atomic E-state index is -7.17. The Balaban J connectivity index is 5.09. The first-order valence-corrected chi connectivity index (χ1v) is 9.89. The minimum absolute atomic E-state index is 0.0962. The lowest BCUT2D eigenvalue weighted by Crippen LogP contribution is -2.66. The van der Waals surface area contributed by atoms with Gasteiger partial charge < -0.3 is 0 Å². The van der Waals surface area contributed by atoms with Gasteiger partial charge >= 0.3 is 24.7 Å². The second kappa shape index (κ2) is 8.27. The average molecular weight is 554 g/mol. The van der Waals surface area contributed by atoms with Gasteiger partial charge in [-0.15, -0.1) is 0 Å². The summed E-state index contributed by atoms with van der Waals surface area (Å²) in [5.74, 6) is 0. The van der Waals surface area contributed by atoms with E-state index >= 15 is 0 Å². The first-order chi connectivity index (χ1) is 16.0. The zero-order chi connectivity index (χ0) is 30.1. The quantitative estimate of drug-likeness (QED) is 0.248. The van der Waals surface area contributed by atoms with Crippen molar-refractivity contribution in [2.24, 2.45) is 32.1 Å². The summed E-state index contributed by atoms with van der Waals surface area (Å²) in [6, 6.07) is -0.722. The Hall–Kier alpha value is -2.96. The third-order valence-electron chi connectivity index (χ3n) is 5.80. The van der Waals surface area contributed by atoms with Crippen LogP contribution in [-0.2, 0) is 0 Å². The standard InChI is InChI=1S/C21H18F12N4/c1-13(2,3)12(14(4,5)6)37-11-10(18(22,23)24)15(7-34,19(25,26)27)17(9-36,21(31,32)33)16(11,8-35)20(28,29)30/h1-6H3/t15-,16+,17+/m1/s1. The smallest absolute Gasteiger partial charge is 0.259 e. The van der Waals surface area contributed by atoms with E-state index in [0.717, 1.165) is 41.5 Å². The van der Waals surface area contributed by atoms with Crippen molar-refractivity contribution < 1.29 is 52.7 Å². The number of halogens is 12. The van der Waals surface area contributed by atoms with Crippen molar-refractivity contribution in [3.8, 4) is 18.2 Å². The van der Waals surface area contributed by atoms with E-state index in [-0.39, 0.29) is 18.2 Å². The summed E-state index contributed by atoms with van der Waals surface area (Å²) in [6.45, 7) is 6.86. The maximum atomic E-state index is 14.5. The van der Waals surface area contributed by atoms with Crippen LogP contribution in [0.2, 0.25) is 0 Å².